The second-order valence-electron chi connectivity index (χ2n) is 5.61. The zero-order chi connectivity index (χ0) is 15.7. The van der Waals surface area contributed by atoms with Crippen LogP contribution in [0.15, 0.2) is 60.7 Å². The molecule has 0 N–H and O–H groups in total. The zero-order valence-corrected chi connectivity index (χ0v) is 13.0. The van der Waals surface area contributed by atoms with Crippen molar-refractivity contribution in [2.45, 2.75) is 6.92 Å². The molecule has 0 bridgehead atoms. The summed E-state index contributed by atoms with van der Waals surface area (Å²) in [6.07, 6.45) is 0. The van der Waals surface area contributed by atoms with E-state index < -0.39 is 0 Å². The van der Waals surface area contributed by atoms with Crippen LogP contribution in [0.3, 0.4) is 0 Å². The molecule has 0 spiro atoms. The van der Waals surface area contributed by atoms with Gasteiger partial charge in [-0.05, 0) is 73.2 Å². The molecular weight excluding hydrogens is 275 g/mol. The summed E-state index contributed by atoms with van der Waals surface area (Å²) in [6.45, 7) is 2.08. The van der Waals surface area contributed by atoms with Gasteiger partial charge in [-0.25, -0.2) is 4.39 Å². The molecule has 3 aromatic rings. The van der Waals surface area contributed by atoms with E-state index in [0.717, 1.165) is 28.3 Å². The Bertz CT molecular complexity index is 768. The van der Waals surface area contributed by atoms with Crippen LogP contribution < -0.4 is 4.90 Å². The Morgan fingerprint density at radius 3 is 2.05 bits per heavy atom. The zero-order valence-electron chi connectivity index (χ0n) is 13.0. The first kappa shape index (κ1) is 14.4. The second-order valence-corrected chi connectivity index (χ2v) is 5.61. The fraction of sp³-hybridized carbons (Fsp3) is 0.158. The van der Waals surface area contributed by atoms with Gasteiger partial charge in [0.25, 0.3) is 0 Å². The van der Waals surface area contributed by atoms with Crippen LogP contribution in [0.1, 0.15) is 5.69 Å². The van der Waals surface area contributed by atoms with Gasteiger partial charge in [0.2, 0.25) is 0 Å². The van der Waals surface area contributed by atoms with Gasteiger partial charge < -0.3 is 9.47 Å². The summed E-state index contributed by atoms with van der Waals surface area (Å²) in [5, 5.41) is 0. The van der Waals surface area contributed by atoms with Crippen LogP contribution in [0.25, 0.3) is 16.9 Å². The summed E-state index contributed by atoms with van der Waals surface area (Å²) in [5.74, 6) is -0.214. The van der Waals surface area contributed by atoms with Gasteiger partial charge in [0.1, 0.15) is 5.82 Å². The minimum Gasteiger partial charge on any atom is -0.378 e. The third-order valence-corrected chi connectivity index (χ3v) is 3.84. The highest BCUT2D eigenvalue weighted by Gasteiger charge is 2.09. The normalized spacial score (nSPS) is 10.7. The highest BCUT2D eigenvalue weighted by molar-refractivity contribution is 5.65. The topological polar surface area (TPSA) is 8.17 Å². The molecule has 1 aromatic heterocycles. The average Bonchev–Trinajstić information content (AvgIpc) is 2.90. The van der Waals surface area contributed by atoms with E-state index in [0.29, 0.717) is 0 Å². The van der Waals surface area contributed by atoms with Crippen LogP contribution >= 0.6 is 0 Å². The number of hydrogen-bond donors (Lipinski definition) is 0. The van der Waals surface area contributed by atoms with Gasteiger partial charge in [-0.1, -0.05) is 0 Å². The van der Waals surface area contributed by atoms with E-state index in [2.05, 4.69) is 52.8 Å². The Morgan fingerprint density at radius 2 is 1.45 bits per heavy atom. The second kappa shape index (κ2) is 5.68. The van der Waals surface area contributed by atoms with Crippen LogP contribution in [0, 0.1) is 12.7 Å². The van der Waals surface area contributed by atoms with Crippen molar-refractivity contribution in [3.05, 3.63) is 72.2 Å². The lowest BCUT2D eigenvalue weighted by molar-refractivity contribution is 0.628. The molecular formula is C19H19FN2. The third kappa shape index (κ3) is 2.62. The van der Waals surface area contributed by atoms with Crippen molar-refractivity contribution in [3.63, 3.8) is 0 Å². The maximum atomic E-state index is 13.1. The molecule has 0 aliphatic rings. The van der Waals surface area contributed by atoms with Gasteiger partial charge in [0, 0.05) is 31.2 Å². The van der Waals surface area contributed by atoms with Crippen LogP contribution in [-0.2, 0) is 0 Å². The SMILES string of the molecule is Cc1ccc(-c2ccc(F)cc2)n1-c1ccc(N(C)C)cc1. The molecule has 0 unspecified atom stereocenters. The Morgan fingerprint density at radius 1 is 0.818 bits per heavy atom. The summed E-state index contributed by atoms with van der Waals surface area (Å²) in [4.78, 5) is 2.08. The lowest BCUT2D eigenvalue weighted by atomic mass is 10.1. The fourth-order valence-electron chi connectivity index (χ4n) is 2.63. The first-order valence-electron chi connectivity index (χ1n) is 7.28. The molecule has 0 aliphatic heterocycles. The quantitative estimate of drug-likeness (QED) is 0.682. The predicted molar refractivity (Wildman–Crippen MR) is 90.2 cm³/mol. The molecule has 22 heavy (non-hydrogen) atoms. The number of hydrogen-bond acceptors (Lipinski definition) is 1. The highest BCUT2D eigenvalue weighted by atomic mass is 19.1. The van der Waals surface area contributed by atoms with E-state index in [-0.39, 0.29) is 5.82 Å². The molecule has 2 aromatic carbocycles. The van der Waals surface area contributed by atoms with E-state index in [1.165, 1.54) is 12.1 Å². The monoisotopic (exact) mass is 294 g/mol. The van der Waals surface area contributed by atoms with Crippen LogP contribution in [0.2, 0.25) is 0 Å². The number of aryl methyl sites for hydroxylation is 1. The first-order chi connectivity index (χ1) is 10.6. The molecule has 0 fully saturated rings. The van der Waals surface area contributed by atoms with Crippen LogP contribution in [0.4, 0.5) is 10.1 Å². The number of rotatable bonds is 3. The molecule has 0 saturated carbocycles. The largest absolute Gasteiger partial charge is 0.378 e. The van der Waals surface area contributed by atoms with E-state index in [1.807, 2.05) is 26.2 Å². The van der Waals surface area contributed by atoms with Crippen molar-refractivity contribution in [1.29, 1.82) is 0 Å². The number of halogens is 1. The molecule has 0 amide bonds. The molecule has 0 radical (unpaired) electrons. The molecule has 3 heteroatoms. The molecule has 3 rings (SSSR count). The molecule has 2 nitrogen and oxygen atoms in total. The number of nitrogens with zero attached hydrogens (tertiary/aromatic N) is 2. The van der Waals surface area contributed by atoms with Crippen molar-refractivity contribution >= 4 is 5.69 Å². The van der Waals surface area contributed by atoms with Crippen molar-refractivity contribution in [2.24, 2.45) is 0 Å². The lowest BCUT2D eigenvalue weighted by Gasteiger charge is -2.16. The Balaban J connectivity index is 2.07. The Hall–Kier alpha value is -2.55. The van der Waals surface area contributed by atoms with Gasteiger partial charge in [-0.3, -0.25) is 0 Å². The van der Waals surface area contributed by atoms with Gasteiger partial charge in [-0.15, -0.1) is 0 Å². The van der Waals surface area contributed by atoms with Gasteiger partial charge in [-0.2, -0.15) is 0 Å². The summed E-state index contributed by atoms with van der Waals surface area (Å²) in [5.41, 5.74) is 5.49. The Labute approximate surface area is 130 Å². The van der Waals surface area contributed by atoms with Crippen molar-refractivity contribution in [3.8, 4) is 16.9 Å². The van der Waals surface area contributed by atoms with Gasteiger partial charge in [0.05, 0.1) is 5.69 Å². The number of aromatic nitrogens is 1. The van der Waals surface area contributed by atoms with E-state index in [1.54, 1.807) is 0 Å². The fourth-order valence-corrected chi connectivity index (χ4v) is 2.63. The van der Waals surface area contributed by atoms with Gasteiger partial charge in [0.15, 0.2) is 0 Å². The van der Waals surface area contributed by atoms with Crippen molar-refractivity contribution < 1.29 is 4.39 Å². The maximum absolute atomic E-state index is 13.1. The molecule has 1 heterocycles. The van der Waals surface area contributed by atoms with E-state index >= 15 is 0 Å². The molecule has 0 aliphatic carbocycles. The molecule has 0 saturated heterocycles. The first-order valence-corrected chi connectivity index (χ1v) is 7.28. The highest BCUT2D eigenvalue weighted by Crippen LogP contribution is 2.27. The smallest absolute Gasteiger partial charge is 0.123 e. The summed E-state index contributed by atoms with van der Waals surface area (Å²) >= 11 is 0. The summed E-state index contributed by atoms with van der Waals surface area (Å²) in [7, 11) is 4.06. The maximum Gasteiger partial charge on any atom is 0.123 e. The van der Waals surface area contributed by atoms with Crippen molar-refractivity contribution in [2.75, 3.05) is 19.0 Å². The van der Waals surface area contributed by atoms with Crippen molar-refractivity contribution in [1.82, 2.24) is 4.57 Å². The van der Waals surface area contributed by atoms with Gasteiger partial charge >= 0.3 is 0 Å². The van der Waals surface area contributed by atoms with Crippen LogP contribution in [0.5, 0.6) is 0 Å². The molecule has 0 atom stereocenters. The van der Waals surface area contributed by atoms with E-state index in [4.69, 9.17) is 0 Å². The Kier molecular flexibility index (Phi) is 3.72. The number of benzene rings is 2. The standard InChI is InChI=1S/C19H19FN2/c1-14-4-13-19(15-5-7-16(20)8-6-15)22(14)18-11-9-17(10-12-18)21(2)3/h4-13H,1-3H3. The number of anilines is 1. The third-order valence-electron chi connectivity index (χ3n) is 3.84. The molecule has 112 valence electrons. The average molecular weight is 294 g/mol. The van der Waals surface area contributed by atoms with E-state index in [9.17, 15) is 4.39 Å². The predicted octanol–water partition coefficient (Wildman–Crippen LogP) is 4.66. The minimum atomic E-state index is -0.214. The lowest BCUT2D eigenvalue weighted by Crippen LogP contribution is -2.08. The minimum absolute atomic E-state index is 0.214. The van der Waals surface area contributed by atoms with Crippen LogP contribution in [-0.4, -0.2) is 18.7 Å². The summed E-state index contributed by atoms with van der Waals surface area (Å²) < 4.78 is 15.3. The summed E-state index contributed by atoms with van der Waals surface area (Å²) in [6, 6.07) is 19.2.